The molecule has 2 N–H and O–H groups in total. The van der Waals surface area contributed by atoms with E-state index in [1.54, 1.807) is 0 Å². The summed E-state index contributed by atoms with van der Waals surface area (Å²) in [5, 5.41) is 11.9. The molecule has 0 bridgehead atoms. The van der Waals surface area contributed by atoms with Crippen molar-refractivity contribution in [2.75, 3.05) is 18.5 Å². The molecule has 0 radical (unpaired) electrons. The number of hydrogen-bond donors (Lipinski definition) is 2. The third-order valence-corrected chi connectivity index (χ3v) is 2.06. The second-order valence-corrected chi connectivity index (χ2v) is 3.40. The smallest absolute Gasteiger partial charge is 0.0431 e. The SMILES string of the molecule is Cc1cc(NCCCCCO)ccn1. The third kappa shape index (κ3) is 4.23. The maximum atomic E-state index is 8.59. The molecule has 0 unspecified atom stereocenters. The summed E-state index contributed by atoms with van der Waals surface area (Å²) < 4.78 is 0. The van der Waals surface area contributed by atoms with Gasteiger partial charge in [0.2, 0.25) is 0 Å². The standard InChI is InChI=1S/C11H18N2O/c1-10-9-11(5-7-12-10)13-6-3-2-4-8-14/h5,7,9,14H,2-4,6,8H2,1H3,(H,12,13). The Morgan fingerprint density at radius 2 is 2.21 bits per heavy atom. The molecule has 0 spiro atoms. The van der Waals surface area contributed by atoms with Crippen LogP contribution in [0, 0.1) is 6.92 Å². The van der Waals surface area contributed by atoms with Crippen LogP contribution in [0.1, 0.15) is 25.0 Å². The van der Waals surface area contributed by atoms with E-state index in [0.29, 0.717) is 6.61 Å². The lowest BCUT2D eigenvalue weighted by molar-refractivity contribution is 0.283. The van der Waals surface area contributed by atoms with Crippen molar-refractivity contribution in [2.45, 2.75) is 26.2 Å². The lowest BCUT2D eigenvalue weighted by Crippen LogP contribution is -2.02. The van der Waals surface area contributed by atoms with E-state index in [1.165, 1.54) is 0 Å². The van der Waals surface area contributed by atoms with Gasteiger partial charge in [-0.15, -0.1) is 0 Å². The van der Waals surface area contributed by atoms with Gasteiger partial charge in [0.05, 0.1) is 0 Å². The van der Waals surface area contributed by atoms with Crippen molar-refractivity contribution in [3.8, 4) is 0 Å². The number of hydrogen-bond acceptors (Lipinski definition) is 3. The minimum Gasteiger partial charge on any atom is -0.396 e. The molecule has 0 aliphatic carbocycles. The topological polar surface area (TPSA) is 45.1 Å². The van der Waals surface area contributed by atoms with Crippen LogP contribution in [0.15, 0.2) is 18.3 Å². The molecule has 3 nitrogen and oxygen atoms in total. The highest BCUT2D eigenvalue weighted by Crippen LogP contribution is 2.07. The summed E-state index contributed by atoms with van der Waals surface area (Å²) in [5.74, 6) is 0. The molecule has 0 saturated carbocycles. The summed E-state index contributed by atoms with van der Waals surface area (Å²) in [6.07, 6.45) is 4.89. The summed E-state index contributed by atoms with van der Waals surface area (Å²) >= 11 is 0. The second kappa shape index (κ2) is 6.38. The van der Waals surface area contributed by atoms with Gasteiger partial charge in [0.25, 0.3) is 0 Å². The first-order valence-corrected chi connectivity index (χ1v) is 5.10. The van der Waals surface area contributed by atoms with Gasteiger partial charge in [-0.1, -0.05) is 0 Å². The lowest BCUT2D eigenvalue weighted by Gasteiger charge is -2.05. The molecule has 1 heterocycles. The molecule has 0 fully saturated rings. The Balaban J connectivity index is 2.18. The Morgan fingerprint density at radius 3 is 2.93 bits per heavy atom. The number of pyridine rings is 1. The van der Waals surface area contributed by atoms with Gasteiger partial charge in [0.1, 0.15) is 0 Å². The molecule has 0 amide bonds. The molecule has 1 aromatic rings. The molecule has 0 aliphatic rings. The highest BCUT2D eigenvalue weighted by Gasteiger charge is 1.92. The third-order valence-electron chi connectivity index (χ3n) is 2.06. The fourth-order valence-corrected chi connectivity index (χ4v) is 1.30. The van der Waals surface area contributed by atoms with Gasteiger partial charge in [-0.05, 0) is 38.3 Å². The van der Waals surface area contributed by atoms with E-state index in [1.807, 2.05) is 25.3 Å². The van der Waals surface area contributed by atoms with Crippen LogP contribution in [0.4, 0.5) is 5.69 Å². The average molecular weight is 194 g/mol. The van der Waals surface area contributed by atoms with Crippen molar-refractivity contribution >= 4 is 5.69 Å². The fourth-order valence-electron chi connectivity index (χ4n) is 1.30. The Hall–Kier alpha value is -1.09. The van der Waals surface area contributed by atoms with Gasteiger partial charge in [0.15, 0.2) is 0 Å². The molecule has 0 saturated heterocycles. The number of anilines is 1. The Kier molecular flexibility index (Phi) is 5.00. The van der Waals surface area contributed by atoms with E-state index in [-0.39, 0.29) is 0 Å². The maximum absolute atomic E-state index is 8.59. The van der Waals surface area contributed by atoms with Gasteiger partial charge in [-0.2, -0.15) is 0 Å². The van der Waals surface area contributed by atoms with E-state index < -0.39 is 0 Å². The van der Waals surface area contributed by atoms with E-state index >= 15 is 0 Å². The Bertz CT molecular complexity index is 263. The predicted octanol–water partition coefficient (Wildman–Crippen LogP) is 1.96. The Morgan fingerprint density at radius 1 is 1.36 bits per heavy atom. The number of rotatable bonds is 6. The van der Waals surface area contributed by atoms with Crippen LogP contribution in [0.5, 0.6) is 0 Å². The summed E-state index contributed by atoms with van der Waals surface area (Å²) in [6.45, 7) is 3.24. The maximum Gasteiger partial charge on any atom is 0.0431 e. The van der Waals surface area contributed by atoms with Gasteiger partial charge in [-0.3, -0.25) is 4.98 Å². The van der Waals surface area contributed by atoms with Crippen LogP contribution in [-0.2, 0) is 0 Å². The molecular weight excluding hydrogens is 176 g/mol. The lowest BCUT2D eigenvalue weighted by atomic mass is 10.2. The zero-order chi connectivity index (χ0) is 10.2. The minimum atomic E-state index is 0.300. The van der Waals surface area contributed by atoms with Crippen LogP contribution in [0.25, 0.3) is 0 Å². The van der Waals surface area contributed by atoms with Gasteiger partial charge >= 0.3 is 0 Å². The first kappa shape index (κ1) is 11.0. The molecule has 0 aliphatic heterocycles. The zero-order valence-electron chi connectivity index (χ0n) is 8.66. The van der Waals surface area contributed by atoms with Crippen LogP contribution < -0.4 is 5.32 Å². The van der Waals surface area contributed by atoms with Gasteiger partial charge < -0.3 is 10.4 Å². The van der Waals surface area contributed by atoms with Crippen LogP contribution in [-0.4, -0.2) is 23.2 Å². The first-order valence-electron chi connectivity index (χ1n) is 5.10. The molecule has 1 rings (SSSR count). The number of nitrogens with one attached hydrogen (secondary N) is 1. The molecule has 1 aromatic heterocycles. The second-order valence-electron chi connectivity index (χ2n) is 3.40. The summed E-state index contributed by atoms with van der Waals surface area (Å²) in [6, 6.07) is 4.01. The van der Waals surface area contributed by atoms with Crippen LogP contribution in [0.3, 0.4) is 0 Å². The number of aliphatic hydroxyl groups excluding tert-OH is 1. The molecule has 78 valence electrons. The fraction of sp³-hybridized carbons (Fsp3) is 0.545. The van der Waals surface area contributed by atoms with E-state index in [9.17, 15) is 0 Å². The summed E-state index contributed by atoms with van der Waals surface area (Å²) in [5.41, 5.74) is 2.16. The van der Waals surface area contributed by atoms with Crippen molar-refractivity contribution < 1.29 is 5.11 Å². The predicted molar refractivity (Wildman–Crippen MR) is 58.4 cm³/mol. The first-order chi connectivity index (χ1) is 6.83. The normalized spacial score (nSPS) is 10.1. The van der Waals surface area contributed by atoms with Crippen molar-refractivity contribution in [3.63, 3.8) is 0 Å². The highest BCUT2D eigenvalue weighted by molar-refractivity contribution is 5.42. The van der Waals surface area contributed by atoms with Crippen molar-refractivity contribution in [1.29, 1.82) is 0 Å². The van der Waals surface area contributed by atoms with Crippen molar-refractivity contribution in [3.05, 3.63) is 24.0 Å². The largest absolute Gasteiger partial charge is 0.396 e. The number of unbranched alkanes of at least 4 members (excludes halogenated alkanes) is 2. The van der Waals surface area contributed by atoms with E-state index in [2.05, 4.69) is 10.3 Å². The molecule has 0 atom stereocenters. The van der Waals surface area contributed by atoms with Crippen molar-refractivity contribution in [1.82, 2.24) is 4.98 Å². The molecule has 0 aromatic carbocycles. The Labute approximate surface area is 85.2 Å². The van der Waals surface area contributed by atoms with Crippen molar-refractivity contribution in [2.24, 2.45) is 0 Å². The number of aromatic nitrogens is 1. The monoisotopic (exact) mass is 194 g/mol. The number of nitrogens with zero attached hydrogens (tertiary/aromatic N) is 1. The van der Waals surface area contributed by atoms with Gasteiger partial charge in [0, 0.05) is 30.7 Å². The van der Waals surface area contributed by atoms with E-state index in [4.69, 9.17) is 5.11 Å². The zero-order valence-corrected chi connectivity index (χ0v) is 8.66. The minimum absolute atomic E-state index is 0.300. The number of aryl methyl sites for hydroxylation is 1. The number of aliphatic hydroxyl groups is 1. The van der Waals surface area contributed by atoms with Crippen LogP contribution >= 0.6 is 0 Å². The highest BCUT2D eigenvalue weighted by atomic mass is 16.2. The average Bonchev–Trinajstić information content (AvgIpc) is 2.18. The quantitative estimate of drug-likeness (QED) is 0.680. The molecular formula is C11H18N2O. The summed E-state index contributed by atoms with van der Waals surface area (Å²) in [7, 11) is 0. The molecule has 14 heavy (non-hydrogen) atoms. The summed E-state index contributed by atoms with van der Waals surface area (Å²) in [4.78, 5) is 4.12. The van der Waals surface area contributed by atoms with Gasteiger partial charge in [-0.25, -0.2) is 0 Å². The molecule has 3 heteroatoms. The van der Waals surface area contributed by atoms with Crippen LogP contribution in [0.2, 0.25) is 0 Å². The van der Waals surface area contributed by atoms with E-state index in [0.717, 1.165) is 37.2 Å².